The quantitative estimate of drug-likeness (QED) is 0.822. The number of hydrogen-bond donors (Lipinski definition) is 1. The van der Waals surface area contributed by atoms with Crippen LogP contribution in [0.5, 0.6) is 5.75 Å². The van der Waals surface area contributed by atoms with E-state index in [1.807, 2.05) is 13.0 Å². The van der Waals surface area contributed by atoms with Gasteiger partial charge >= 0.3 is 0 Å². The van der Waals surface area contributed by atoms with Crippen LogP contribution in [0.1, 0.15) is 44.6 Å². The molecular weight excluding hydrogens is 290 g/mol. The maximum atomic E-state index is 6.12. The summed E-state index contributed by atoms with van der Waals surface area (Å²) >= 11 is 3.45. The number of benzene rings is 1. The SMILES string of the molecule is CCC1CCC(Oc2c(C)cc(Br)cc2N)CC1. The van der Waals surface area contributed by atoms with Crippen LogP contribution in [0.15, 0.2) is 16.6 Å². The molecule has 0 amide bonds. The first-order valence-electron chi connectivity index (χ1n) is 6.82. The molecule has 0 unspecified atom stereocenters. The summed E-state index contributed by atoms with van der Waals surface area (Å²) in [5.74, 6) is 1.77. The summed E-state index contributed by atoms with van der Waals surface area (Å²) in [6, 6.07) is 3.98. The second-order valence-corrected chi connectivity index (χ2v) is 6.23. The molecule has 3 heteroatoms. The van der Waals surface area contributed by atoms with Crippen molar-refractivity contribution in [3.8, 4) is 5.75 Å². The van der Waals surface area contributed by atoms with E-state index >= 15 is 0 Å². The highest BCUT2D eigenvalue weighted by atomic mass is 79.9. The molecule has 1 aliphatic rings. The second-order valence-electron chi connectivity index (χ2n) is 5.31. The summed E-state index contributed by atoms with van der Waals surface area (Å²) in [4.78, 5) is 0. The van der Waals surface area contributed by atoms with Gasteiger partial charge in [-0.05, 0) is 56.2 Å². The minimum absolute atomic E-state index is 0.343. The Bertz CT molecular complexity index is 388. The maximum absolute atomic E-state index is 6.12. The highest BCUT2D eigenvalue weighted by Gasteiger charge is 2.22. The number of nitrogens with two attached hydrogens (primary N) is 1. The number of aryl methyl sites for hydroxylation is 1. The van der Waals surface area contributed by atoms with Crippen LogP contribution in [0.2, 0.25) is 0 Å². The molecule has 0 saturated heterocycles. The van der Waals surface area contributed by atoms with E-state index in [1.54, 1.807) is 0 Å². The van der Waals surface area contributed by atoms with Crippen molar-refractivity contribution in [3.63, 3.8) is 0 Å². The summed E-state index contributed by atoms with van der Waals surface area (Å²) in [7, 11) is 0. The van der Waals surface area contributed by atoms with E-state index in [4.69, 9.17) is 10.5 Å². The Kier molecular flexibility index (Phi) is 4.55. The molecular formula is C15H22BrNO. The normalized spacial score (nSPS) is 23.9. The summed E-state index contributed by atoms with van der Waals surface area (Å²) in [5, 5.41) is 0. The third-order valence-electron chi connectivity index (χ3n) is 3.92. The Morgan fingerprint density at radius 3 is 2.50 bits per heavy atom. The van der Waals surface area contributed by atoms with E-state index in [0.717, 1.165) is 40.2 Å². The van der Waals surface area contributed by atoms with Crippen LogP contribution in [0, 0.1) is 12.8 Å². The van der Waals surface area contributed by atoms with Crippen molar-refractivity contribution in [2.24, 2.45) is 5.92 Å². The minimum Gasteiger partial charge on any atom is -0.488 e. The lowest BCUT2D eigenvalue weighted by Crippen LogP contribution is -2.24. The van der Waals surface area contributed by atoms with Gasteiger partial charge in [-0.1, -0.05) is 29.3 Å². The molecule has 2 nitrogen and oxygen atoms in total. The summed E-state index contributed by atoms with van der Waals surface area (Å²) in [5.41, 5.74) is 7.88. The van der Waals surface area contributed by atoms with Crippen molar-refractivity contribution in [1.29, 1.82) is 0 Å². The van der Waals surface area contributed by atoms with Crippen LogP contribution >= 0.6 is 15.9 Å². The van der Waals surface area contributed by atoms with Gasteiger partial charge in [-0.2, -0.15) is 0 Å². The number of anilines is 1. The zero-order chi connectivity index (χ0) is 13.1. The predicted molar refractivity (Wildman–Crippen MR) is 80.0 cm³/mol. The molecule has 0 heterocycles. The molecule has 18 heavy (non-hydrogen) atoms. The van der Waals surface area contributed by atoms with Gasteiger partial charge in [0.25, 0.3) is 0 Å². The zero-order valence-electron chi connectivity index (χ0n) is 11.2. The van der Waals surface area contributed by atoms with E-state index in [0.29, 0.717) is 6.10 Å². The second kappa shape index (κ2) is 5.96. The van der Waals surface area contributed by atoms with E-state index in [2.05, 4.69) is 28.9 Å². The minimum atomic E-state index is 0.343. The first kappa shape index (κ1) is 13.7. The molecule has 0 atom stereocenters. The number of ether oxygens (including phenoxy) is 1. The molecule has 1 fully saturated rings. The Labute approximate surface area is 118 Å². The van der Waals surface area contributed by atoms with Gasteiger partial charge in [0, 0.05) is 4.47 Å². The largest absolute Gasteiger partial charge is 0.488 e. The van der Waals surface area contributed by atoms with Gasteiger partial charge in [-0.15, -0.1) is 0 Å². The smallest absolute Gasteiger partial charge is 0.145 e. The third-order valence-corrected chi connectivity index (χ3v) is 4.38. The van der Waals surface area contributed by atoms with Crippen molar-refractivity contribution in [3.05, 3.63) is 22.2 Å². The van der Waals surface area contributed by atoms with Crippen LogP contribution in [-0.4, -0.2) is 6.10 Å². The molecule has 2 rings (SSSR count). The lowest BCUT2D eigenvalue weighted by atomic mass is 9.86. The molecule has 0 aromatic heterocycles. The standard InChI is InChI=1S/C15H22BrNO/c1-3-11-4-6-13(7-5-11)18-15-10(2)8-12(16)9-14(15)17/h8-9,11,13H,3-7,17H2,1-2H3. The van der Waals surface area contributed by atoms with Crippen LogP contribution < -0.4 is 10.5 Å². The molecule has 2 N–H and O–H groups in total. The van der Waals surface area contributed by atoms with E-state index in [9.17, 15) is 0 Å². The molecule has 1 aromatic rings. The monoisotopic (exact) mass is 311 g/mol. The first-order chi connectivity index (χ1) is 8.60. The van der Waals surface area contributed by atoms with Gasteiger partial charge in [0.05, 0.1) is 11.8 Å². The van der Waals surface area contributed by atoms with Crippen molar-refractivity contribution >= 4 is 21.6 Å². The number of nitrogen functional groups attached to an aromatic ring is 1. The Morgan fingerprint density at radius 2 is 1.94 bits per heavy atom. The molecule has 0 aliphatic heterocycles. The van der Waals surface area contributed by atoms with Gasteiger partial charge in [0.15, 0.2) is 0 Å². The fourth-order valence-corrected chi connectivity index (χ4v) is 3.33. The average molecular weight is 312 g/mol. The van der Waals surface area contributed by atoms with Gasteiger partial charge < -0.3 is 10.5 Å². The van der Waals surface area contributed by atoms with Gasteiger partial charge in [-0.3, -0.25) is 0 Å². The van der Waals surface area contributed by atoms with Crippen LogP contribution in [0.4, 0.5) is 5.69 Å². The lowest BCUT2D eigenvalue weighted by Gasteiger charge is -2.29. The topological polar surface area (TPSA) is 35.2 Å². The number of hydrogen-bond acceptors (Lipinski definition) is 2. The van der Waals surface area contributed by atoms with Crippen LogP contribution in [0.25, 0.3) is 0 Å². The third kappa shape index (κ3) is 3.19. The van der Waals surface area contributed by atoms with Crippen molar-refractivity contribution in [2.45, 2.75) is 52.1 Å². The van der Waals surface area contributed by atoms with Gasteiger partial charge in [0.1, 0.15) is 5.75 Å². The molecule has 1 saturated carbocycles. The highest BCUT2D eigenvalue weighted by molar-refractivity contribution is 9.10. The Morgan fingerprint density at radius 1 is 1.28 bits per heavy atom. The van der Waals surface area contributed by atoms with Crippen LogP contribution in [0.3, 0.4) is 0 Å². The summed E-state index contributed by atoms with van der Waals surface area (Å²) < 4.78 is 7.13. The Balaban J connectivity index is 2.02. The maximum Gasteiger partial charge on any atom is 0.145 e. The molecule has 1 aromatic carbocycles. The molecule has 100 valence electrons. The highest BCUT2D eigenvalue weighted by Crippen LogP contribution is 2.34. The van der Waals surface area contributed by atoms with Crippen LogP contribution in [-0.2, 0) is 0 Å². The molecule has 0 bridgehead atoms. The van der Waals surface area contributed by atoms with Crippen molar-refractivity contribution in [2.75, 3.05) is 5.73 Å². The first-order valence-corrected chi connectivity index (χ1v) is 7.61. The average Bonchev–Trinajstić information content (AvgIpc) is 2.34. The van der Waals surface area contributed by atoms with Crippen molar-refractivity contribution < 1.29 is 4.74 Å². The fraction of sp³-hybridized carbons (Fsp3) is 0.600. The van der Waals surface area contributed by atoms with E-state index in [-0.39, 0.29) is 0 Å². The Hall–Kier alpha value is -0.700. The van der Waals surface area contributed by atoms with E-state index in [1.165, 1.54) is 19.3 Å². The zero-order valence-corrected chi connectivity index (χ0v) is 12.8. The number of rotatable bonds is 3. The predicted octanol–water partition coefficient (Wildman–Crippen LogP) is 4.69. The molecule has 0 spiro atoms. The molecule has 0 radical (unpaired) electrons. The van der Waals surface area contributed by atoms with Crippen molar-refractivity contribution in [1.82, 2.24) is 0 Å². The molecule has 1 aliphatic carbocycles. The lowest BCUT2D eigenvalue weighted by molar-refractivity contribution is 0.130. The van der Waals surface area contributed by atoms with E-state index < -0.39 is 0 Å². The summed E-state index contributed by atoms with van der Waals surface area (Å²) in [6.07, 6.45) is 6.54. The fourth-order valence-electron chi connectivity index (χ4n) is 2.74. The van der Waals surface area contributed by atoms with Gasteiger partial charge in [-0.25, -0.2) is 0 Å². The van der Waals surface area contributed by atoms with Gasteiger partial charge in [0.2, 0.25) is 0 Å². The summed E-state index contributed by atoms with van der Waals surface area (Å²) in [6.45, 7) is 4.33. The number of halogens is 1.